The van der Waals surface area contributed by atoms with Gasteiger partial charge in [0.05, 0.1) is 30.0 Å². The Morgan fingerprint density at radius 3 is 2.74 bits per heavy atom. The van der Waals surface area contributed by atoms with Crippen LogP contribution in [0.3, 0.4) is 0 Å². The highest BCUT2D eigenvalue weighted by Crippen LogP contribution is 2.11. The topological polar surface area (TPSA) is 71.6 Å². The zero-order valence-corrected chi connectivity index (χ0v) is 14.7. The molecule has 4 rings (SSSR count). The maximum atomic E-state index is 13.4. The van der Waals surface area contributed by atoms with Crippen molar-refractivity contribution in [2.75, 3.05) is 26.2 Å². The quantitative estimate of drug-likeness (QED) is 0.696. The summed E-state index contributed by atoms with van der Waals surface area (Å²) in [5.41, 5.74) is 0.000875. The van der Waals surface area contributed by atoms with E-state index in [1.807, 2.05) is 12.1 Å². The first-order chi connectivity index (χ1) is 13.1. The Bertz CT molecular complexity index is 1010. The SMILES string of the molecule is O=C(Cn1cnc2ccc(F)cc2c1=O)N1CCN(Cc2ccco2)CC1. The first kappa shape index (κ1) is 17.4. The van der Waals surface area contributed by atoms with Crippen molar-refractivity contribution in [1.29, 1.82) is 0 Å². The molecule has 140 valence electrons. The maximum Gasteiger partial charge on any atom is 0.261 e. The Kier molecular flexibility index (Phi) is 4.72. The monoisotopic (exact) mass is 370 g/mol. The van der Waals surface area contributed by atoms with Crippen molar-refractivity contribution in [3.05, 3.63) is 64.9 Å². The van der Waals surface area contributed by atoms with Crippen molar-refractivity contribution in [2.45, 2.75) is 13.1 Å². The first-order valence-electron chi connectivity index (χ1n) is 8.77. The van der Waals surface area contributed by atoms with Crippen molar-refractivity contribution in [2.24, 2.45) is 0 Å². The number of aromatic nitrogens is 2. The van der Waals surface area contributed by atoms with Gasteiger partial charge in [-0.3, -0.25) is 19.1 Å². The fraction of sp³-hybridized carbons (Fsp3) is 0.316. The minimum atomic E-state index is -0.502. The van der Waals surface area contributed by atoms with Gasteiger partial charge in [0.15, 0.2) is 0 Å². The Hall–Kier alpha value is -3.00. The normalized spacial score (nSPS) is 15.4. The molecular formula is C19H19FN4O3. The maximum absolute atomic E-state index is 13.4. The van der Waals surface area contributed by atoms with Gasteiger partial charge >= 0.3 is 0 Å². The summed E-state index contributed by atoms with van der Waals surface area (Å²) in [6, 6.07) is 7.65. The smallest absolute Gasteiger partial charge is 0.261 e. The van der Waals surface area contributed by atoms with Crippen LogP contribution in [0.15, 0.2) is 52.1 Å². The predicted octanol–water partition coefficient (Wildman–Crippen LogP) is 1.47. The van der Waals surface area contributed by atoms with E-state index in [0.29, 0.717) is 25.2 Å². The molecule has 0 spiro atoms. The summed E-state index contributed by atoms with van der Waals surface area (Å²) in [5.74, 6) is 0.251. The lowest BCUT2D eigenvalue weighted by Gasteiger charge is -2.34. The number of piperazine rings is 1. The van der Waals surface area contributed by atoms with Gasteiger partial charge in [-0.2, -0.15) is 0 Å². The van der Waals surface area contributed by atoms with E-state index in [1.165, 1.54) is 23.0 Å². The molecule has 3 heterocycles. The van der Waals surface area contributed by atoms with Gasteiger partial charge in [0, 0.05) is 26.2 Å². The van der Waals surface area contributed by atoms with Crippen LogP contribution < -0.4 is 5.56 Å². The van der Waals surface area contributed by atoms with E-state index in [2.05, 4.69) is 9.88 Å². The molecule has 1 amide bonds. The van der Waals surface area contributed by atoms with Gasteiger partial charge in [-0.1, -0.05) is 0 Å². The summed E-state index contributed by atoms with van der Waals surface area (Å²) in [7, 11) is 0. The molecule has 1 aromatic carbocycles. The molecule has 0 unspecified atom stereocenters. The molecule has 0 atom stereocenters. The molecular weight excluding hydrogens is 351 g/mol. The van der Waals surface area contributed by atoms with Crippen LogP contribution in [0.1, 0.15) is 5.76 Å². The largest absolute Gasteiger partial charge is 0.468 e. The summed E-state index contributed by atoms with van der Waals surface area (Å²) in [6.07, 6.45) is 2.99. The zero-order valence-electron chi connectivity index (χ0n) is 14.7. The average molecular weight is 370 g/mol. The molecule has 7 nitrogen and oxygen atoms in total. The number of nitrogens with zero attached hydrogens (tertiary/aromatic N) is 4. The number of benzene rings is 1. The summed E-state index contributed by atoms with van der Waals surface area (Å²) in [5, 5.41) is 0.175. The van der Waals surface area contributed by atoms with Gasteiger partial charge in [-0.05, 0) is 30.3 Å². The van der Waals surface area contributed by atoms with E-state index < -0.39 is 11.4 Å². The van der Waals surface area contributed by atoms with Crippen molar-refractivity contribution >= 4 is 16.8 Å². The molecule has 27 heavy (non-hydrogen) atoms. The second-order valence-corrected chi connectivity index (χ2v) is 6.58. The number of rotatable bonds is 4. The number of furan rings is 1. The van der Waals surface area contributed by atoms with Crippen molar-refractivity contribution < 1.29 is 13.6 Å². The van der Waals surface area contributed by atoms with E-state index in [0.717, 1.165) is 24.9 Å². The number of carbonyl (C=O) groups excluding carboxylic acids is 1. The van der Waals surface area contributed by atoms with Crippen LogP contribution in [0.25, 0.3) is 10.9 Å². The third-order valence-electron chi connectivity index (χ3n) is 4.78. The predicted molar refractivity (Wildman–Crippen MR) is 96.5 cm³/mol. The second-order valence-electron chi connectivity index (χ2n) is 6.58. The van der Waals surface area contributed by atoms with Crippen molar-refractivity contribution in [1.82, 2.24) is 19.4 Å². The van der Waals surface area contributed by atoms with Crippen LogP contribution in [-0.2, 0) is 17.9 Å². The van der Waals surface area contributed by atoms with Crippen LogP contribution in [-0.4, -0.2) is 51.4 Å². The molecule has 1 saturated heterocycles. The highest BCUT2D eigenvalue weighted by atomic mass is 19.1. The molecule has 8 heteroatoms. The van der Waals surface area contributed by atoms with Gasteiger partial charge in [-0.25, -0.2) is 9.37 Å². The van der Waals surface area contributed by atoms with Gasteiger partial charge in [0.25, 0.3) is 5.56 Å². The third kappa shape index (κ3) is 3.75. The van der Waals surface area contributed by atoms with Gasteiger partial charge in [0.2, 0.25) is 5.91 Å². The summed E-state index contributed by atoms with van der Waals surface area (Å²) in [4.78, 5) is 33.2. The van der Waals surface area contributed by atoms with Gasteiger partial charge < -0.3 is 9.32 Å². The number of amides is 1. The molecule has 0 aliphatic carbocycles. The first-order valence-corrected chi connectivity index (χ1v) is 8.77. The molecule has 1 aliphatic rings. The Morgan fingerprint density at radius 2 is 2.00 bits per heavy atom. The highest BCUT2D eigenvalue weighted by Gasteiger charge is 2.22. The standard InChI is InChI=1S/C19H19FN4O3/c20-14-3-4-17-16(10-14)19(26)24(13-21-17)12-18(25)23-7-5-22(6-8-23)11-15-2-1-9-27-15/h1-4,9-10,13H,5-8,11-12H2. The van der Waals surface area contributed by atoms with Gasteiger partial charge in [-0.15, -0.1) is 0 Å². The molecule has 3 aromatic rings. The number of halogens is 1. The zero-order chi connectivity index (χ0) is 18.8. The lowest BCUT2D eigenvalue weighted by molar-refractivity contribution is -0.133. The van der Waals surface area contributed by atoms with Crippen LogP contribution in [0, 0.1) is 5.82 Å². The summed E-state index contributed by atoms with van der Waals surface area (Å²) >= 11 is 0. The lowest BCUT2D eigenvalue weighted by Crippen LogP contribution is -2.49. The summed E-state index contributed by atoms with van der Waals surface area (Å²) in [6.45, 7) is 3.27. The molecule has 0 N–H and O–H groups in total. The summed E-state index contributed by atoms with van der Waals surface area (Å²) < 4.78 is 20.0. The minimum absolute atomic E-state index is 0.101. The lowest BCUT2D eigenvalue weighted by atomic mass is 10.2. The second kappa shape index (κ2) is 7.32. The highest BCUT2D eigenvalue weighted by molar-refractivity contribution is 5.79. The Morgan fingerprint density at radius 1 is 1.19 bits per heavy atom. The molecule has 0 saturated carbocycles. The van der Waals surface area contributed by atoms with Crippen molar-refractivity contribution in [3.63, 3.8) is 0 Å². The van der Waals surface area contributed by atoms with E-state index in [4.69, 9.17) is 4.42 Å². The van der Waals surface area contributed by atoms with E-state index in [-0.39, 0.29) is 17.8 Å². The van der Waals surface area contributed by atoms with Gasteiger partial charge in [0.1, 0.15) is 18.1 Å². The number of hydrogen-bond donors (Lipinski definition) is 0. The Labute approximate surface area is 154 Å². The van der Waals surface area contributed by atoms with E-state index >= 15 is 0 Å². The van der Waals surface area contributed by atoms with Crippen LogP contribution >= 0.6 is 0 Å². The number of fused-ring (bicyclic) bond motifs is 1. The number of carbonyl (C=O) groups is 1. The molecule has 1 fully saturated rings. The van der Waals surface area contributed by atoms with Crippen LogP contribution in [0.5, 0.6) is 0 Å². The molecule has 1 aliphatic heterocycles. The van der Waals surface area contributed by atoms with E-state index in [1.54, 1.807) is 11.2 Å². The fourth-order valence-corrected chi connectivity index (χ4v) is 3.27. The minimum Gasteiger partial charge on any atom is -0.468 e. The number of hydrogen-bond acceptors (Lipinski definition) is 5. The molecule has 0 bridgehead atoms. The molecule has 0 radical (unpaired) electrons. The molecule has 2 aromatic heterocycles. The van der Waals surface area contributed by atoms with Crippen LogP contribution in [0.4, 0.5) is 4.39 Å². The fourth-order valence-electron chi connectivity index (χ4n) is 3.27. The van der Waals surface area contributed by atoms with E-state index in [9.17, 15) is 14.0 Å². The third-order valence-corrected chi connectivity index (χ3v) is 4.78. The average Bonchev–Trinajstić information content (AvgIpc) is 3.18. The Balaban J connectivity index is 1.40. The van der Waals surface area contributed by atoms with Crippen LogP contribution in [0.2, 0.25) is 0 Å². The van der Waals surface area contributed by atoms with Crippen molar-refractivity contribution in [3.8, 4) is 0 Å².